The van der Waals surface area contributed by atoms with Crippen LogP contribution in [0.3, 0.4) is 0 Å². The first kappa shape index (κ1) is 18.6. The molecule has 0 saturated heterocycles. The number of aromatic nitrogens is 5. The van der Waals surface area contributed by atoms with Crippen molar-refractivity contribution in [1.29, 1.82) is 0 Å². The fourth-order valence-electron chi connectivity index (χ4n) is 2.88. The van der Waals surface area contributed by atoms with Gasteiger partial charge in [0.25, 0.3) is 0 Å². The predicted molar refractivity (Wildman–Crippen MR) is 106 cm³/mol. The summed E-state index contributed by atoms with van der Waals surface area (Å²) in [5.41, 5.74) is 2.50. The molecule has 0 aliphatic rings. The van der Waals surface area contributed by atoms with E-state index in [0.29, 0.717) is 28.6 Å². The molecule has 3 aromatic heterocycles. The molecular weight excluding hydrogens is 372 g/mol. The number of anilines is 2. The number of nitrogens with zero attached hydrogens (tertiary/aromatic N) is 5. The minimum atomic E-state index is -0.422. The smallest absolute Gasteiger partial charge is 0.340 e. The van der Waals surface area contributed by atoms with Crippen LogP contribution in [0.4, 0.5) is 11.5 Å². The van der Waals surface area contributed by atoms with E-state index in [4.69, 9.17) is 9.26 Å². The van der Waals surface area contributed by atoms with Gasteiger partial charge in [-0.2, -0.15) is 10.1 Å². The van der Waals surface area contributed by atoms with E-state index < -0.39 is 5.97 Å². The molecule has 0 unspecified atom stereocenters. The molecule has 0 aliphatic heterocycles. The Bertz CT molecular complexity index is 1160. The van der Waals surface area contributed by atoms with Crippen molar-refractivity contribution >= 4 is 23.0 Å². The number of rotatable bonds is 6. The standard InChI is InChI=1S/C20H20N6O3/c1-4-28-20(27)15-8-9-26-16(15)18(21-11-22-26)23-14-7-5-6-13(10-14)17-24-19(12(2)3)29-25-17/h5-12H,4H2,1-3H3,(H,21,22,23). The molecule has 0 aliphatic carbocycles. The van der Waals surface area contributed by atoms with Gasteiger partial charge in [0.2, 0.25) is 11.7 Å². The summed E-state index contributed by atoms with van der Waals surface area (Å²) in [5, 5.41) is 11.5. The second kappa shape index (κ2) is 7.70. The molecule has 148 valence electrons. The molecule has 4 rings (SSSR count). The van der Waals surface area contributed by atoms with Gasteiger partial charge in [0.15, 0.2) is 5.82 Å². The third-order valence-electron chi connectivity index (χ3n) is 4.27. The summed E-state index contributed by atoms with van der Waals surface area (Å²) in [6.45, 7) is 6.04. The third kappa shape index (κ3) is 3.66. The van der Waals surface area contributed by atoms with E-state index in [1.807, 2.05) is 38.1 Å². The number of carbonyl (C=O) groups is 1. The zero-order valence-corrected chi connectivity index (χ0v) is 16.3. The van der Waals surface area contributed by atoms with Crippen molar-refractivity contribution < 1.29 is 14.1 Å². The van der Waals surface area contributed by atoms with Crippen molar-refractivity contribution in [2.45, 2.75) is 26.7 Å². The van der Waals surface area contributed by atoms with E-state index >= 15 is 0 Å². The van der Waals surface area contributed by atoms with Gasteiger partial charge in [-0.1, -0.05) is 31.1 Å². The number of fused-ring (bicyclic) bond motifs is 1. The van der Waals surface area contributed by atoms with Crippen LogP contribution in [0, 0.1) is 0 Å². The highest BCUT2D eigenvalue weighted by Gasteiger charge is 2.18. The van der Waals surface area contributed by atoms with Crippen LogP contribution in [0.2, 0.25) is 0 Å². The Hall–Kier alpha value is -3.75. The van der Waals surface area contributed by atoms with Crippen molar-refractivity contribution in [1.82, 2.24) is 24.7 Å². The molecule has 0 amide bonds. The lowest BCUT2D eigenvalue weighted by Crippen LogP contribution is -2.07. The molecule has 0 saturated carbocycles. The first-order valence-electron chi connectivity index (χ1n) is 9.27. The molecule has 1 N–H and O–H groups in total. The van der Waals surface area contributed by atoms with Crippen LogP contribution in [0.15, 0.2) is 47.4 Å². The summed E-state index contributed by atoms with van der Waals surface area (Å²) in [7, 11) is 0. The summed E-state index contributed by atoms with van der Waals surface area (Å²) in [4.78, 5) is 21.0. The Morgan fingerprint density at radius 1 is 1.31 bits per heavy atom. The molecule has 29 heavy (non-hydrogen) atoms. The van der Waals surface area contributed by atoms with Gasteiger partial charge in [-0.25, -0.2) is 14.3 Å². The van der Waals surface area contributed by atoms with Crippen LogP contribution in [0.1, 0.15) is 42.9 Å². The second-order valence-corrected chi connectivity index (χ2v) is 6.67. The molecule has 0 fully saturated rings. The van der Waals surface area contributed by atoms with E-state index in [0.717, 1.165) is 11.3 Å². The number of esters is 1. The van der Waals surface area contributed by atoms with Crippen molar-refractivity contribution in [2.24, 2.45) is 0 Å². The van der Waals surface area contributed by atoms with Crippen LogP contribution >= 0.6 is 0 Å². The van der Waals surface area contributed by atoms with Gasteiger partial charge in [-0.15, -0.1) is 0 Å². The average molecular weight is 392 g/mol. The molecule has 0 bridgehead atoms. The van der Waals surface area contributed by atoms with E-state index in [1.54, 1.807) is 23.7 Å². The quantitative estimate of drug-likeness (QED) is 0.493. The van der Waals surface area contributed by atoms with Gasteiger partial charge in [0.1, 0.15) is 11.8 Å². The van der Waals surface area contributed by atoms with Crippen LogP contribution in [0.5, 0.6) is 0 Å². The third-order valence-corrected chi connectivity index (χ3v) is 4.27. The maximum absolute atomic E-state index is 12.3. The van der Waals surface area contributed by atoms with Gasteiger partial charge in [0.05, 0.1) is 12.2 Å². The first-order chi connectivity index (χ1) is 14.1. The minimum Gasteiger partial charge on any atom is -0.462 e. The molecule has 1 aromatic carbocycles. The fourth-order valence-corrected chi connectivity index (χ4v) is 2.88. The first-order valence-corrected chi connectivity index (χ1v) is 9.27. The van der Waals surface area contributed by atoms with E-state index in [1.165, 1.54) is 6.33 Å². The van der Waals surface area contributed by atoms with Gasteiger partial charge in [0, 0.05) is 23.4 Å². The molecular formula is C20H20N6O3. The van der Waals surface area contributed by atoms with Gasteiger partial charge >= 0.3 is 5.97 Å². The zero-order chi connectivity index (χ0) is 20.4. The highest BCUT2D eigenvalue weighted by Crippen LogP contribution is 2.27. The summed E-state index contributed by atoms with van der Waals surface area (Å²) in [6, 6.07) is 9.22. The highest BCUT2D eigenvalue weighted by molar-refractivity contribution is 6.00. The van der Waals surface area contributed by atoms with Gasteiger partial charge < -0.3 is 14.6 Å². The maximum Gasteiger partial charge on any atom is 0.340 e. The minimum absolute atomic E-state index is 0.155. The van der Waals surface area contributed by atoms with Crippen LogP contribution in [-0.4, -0.2) is 37.3 Å². The second-order valence-electron chi connectivity index (χ2n) is 6.67. The molecule has 0 spiro atoms. The Balaban J connectivity index is 1.68. The van der Waals surface area contributed by atoms with E-state index in [-0.39, 0.29) is 12.5 Å². The van der Waals surface area contributed by atoms with Crippen LogP contribution < -0.4 is 5.32 Å². The number of hydrogen-bond donors (Lipinski definition) is 1. The number of ether oxygens (including phenoxy) is 1. The molecule has 0 atom stereocenters. The Morgan fingerprint density at radius 2 is 2.17 bits per heavy atom. The van der Waals surface area contributed by atoms with Crippen molar-refractivity contribution in [3.8, 4) is 11.4 Å². The highest BCUT2D eigenvalue weighted by atomic mass is 16.5. The SMILES string of the molecule is CCOC(=O)c1ccn2ncnc(Nc3cccc(-c4noc(C(C)C)n4)c3)c12. The van der Waals surface area contributed by atoms with Crippen LogP contribution in [0.25, 0.3) is 16.9 Å². The summed E-state index contributed by atoms with van der Waals surface area (Å²) in [5.74, 6) is 1.32. The molecule has 4 aromatic rings. The lowest BCUT2D eigenvalue weighted by Gasteiger charge is -2.09. The summed E-state index contributed by atoms with van der Waals surface area (Å²) in [6.07, 6.45) is 3.11. The fraction of sp³-hybridized carbons (Fsp3) is 0.250. The number of carbonyl (C=O) groups excluding carboxylic acids is 1. The van der Waals surface area contributed by atoms with Gasteiger partial charge in [-0.05, 0) is 25.1 Å². The normalized spacial score (nSPS) is 11.2. The average Bonchev–Trinajstić information content (AvgIpc) is 3.37. The Morgan fingerprint density at radius 3 is 2.93 bits per heavy atom. The Kier molecular flexibility index (Phi) is 4.94. The van der Waals surface area contributed by atoms with Crippen LogP contribution in [-0.2, 0) is 4.74 Å². The Labute approximate surface area is 166 Å². The lowest BCUT2D eigenvalue weighted by atomic mass is 10.2. The topological polar surface area (TPSA) is 107 Å². The number of hydrogen-bond acceptors (Lipinski definition) is 8. The predicted octanol–water partition coefficient (Wildman–Crippen LogP) is 3.82. The zero-order valence-electron chi connectivity index (χ0n) is 16.3. The molecule has 9 nitrogen and oxygen atoms in total. The van der Waals surface area contributed by atoms with Crippen molar-refractivity contribution in [3.63, 3.8) is 0 Å². The van der Waals surface area contributed by atoms with Crippen molar-refractivity contribution in [3.05, 3.63) is 54.3 Å². The maximum atomic E-state index is 12.3. The molecule has 9 heteroatoms. The summed E-state index contributed by atoms with van der Waals surface area (Å²) < 4.78 is 12.0. The summed E-state index contributed by atoms with van der Waals surface area (Å²) >= 11 is 0. The largest absolute Gasteiger partial charge is 0.462 e. The molecule has 0 radical (unpaired) electrons. The lowest BCUT2D eigenvalue weighted by molar-refractivity contribution is 0.0528. The van der Waals surface area contributed by atoms with E-state index in [9.17, 15) is 4.79 Å². The number of benzene rings is 1. The monoisotopic (exact) mass is 392 g/mol. The van der Waals surface area contributed by atoms with Gasteiger partial charge in [-0.3, -0.25) is 0 Å². The van der Waals surface area contributed by atoms with Crippen molar-refractivity contribution in [2.75, 3.05) is 11.9 Å². The number of nitrogens with one attached hydrogen (secondary N) is 1. The van der Waals surface area contributed by atoms with E-state index in [2.05, 4.69) is 25.5 Å². The molecule has 3 heterocycles.